The molecule has 23 heavy (non-hydrogen) atoms. The van der Waals surface area contributed by atoms with Gasteiger partial charge in [-0.25, -0.2) is 0 Å². The van der Waals surface area contributed by atoms with Crippen LogP contribution in [0.15, 0.2) is 30.6 Å². The summed E-state index contributed by atoms with van der Waals surface area (Å²) in [6.45, 7) is 8.65. The summed E-state index contributed by atoms with van der Waals surface area (Å²) in [7, 11) is 0. The third-order valence-corrected chi connectivity index (χ3v) is 5.74. The maximum atomic E-state index is 12.7. The van der Waals surface area contributed by atoms with Crippen molar-refractivity contribution in [3.8, 4) is 0 Å². The molecule has 1 aliphatic heterocycles. The lowest BCUT2D eigenvalue weighted by molar-refractivity contribution is 0.0633. The minimum absolute atomic E-state index is 0.196. The summed E-state index contributed by atoms with van der Waals surface area (Å²) >= 11 is 1.65. The predicted octanol–water partition coefficient (Wildman–Crippen LogP) is 2.97. The largest absolute Gasteiger partial charge is 0.335 e. The van der Waals surface area contributed by atoms with Crippen molar-refractivity contribution in [3.05, 3.63) is 51.5 Å². The van der Waals surface area contributed by atoms with Crippen LogP contribution in [0.5, 0.6) is 0 Å². The fraction of sp³-hybridized carbons (Fsp3) is 0.444. The lowest BCUT2D eigenvalue weighted by Crippen LogP contribution is -2.48. The Bertz CT molecular complexity index is 660. The fourth-order valence-corrected chi connectivity index (χ4v) is 4.07. The lowest BCUT2D eigenvalue weighted by Gasteiger charge is -2.34. The molecule has 4 nitrogen and oxygen atoms in total. The molecule has 0 atom stereocenters. The number of carbonyl (C=O) groups excluding carboxylic acids is 1. The molecular formula is C18H23N3OS. The van der Waals surface area contributed by atoms with Crippen LogP contribution < -0.4 is 0 Å². The second-order valence-corrected chi connectivity index (χ2v) is 7.13. The van der Waals surface area contributed by atoms with Crippen LogP contribution in [0.1, 0.15) is 32.6 Å². The molecule has 3 rings (SSSR count). The second-order valence-electron chi connectivity index (χ2n) is 5.99. The topological polar surface area (TPSA) is 36.4 Å². The van der Waals surface area contributed by atoms with Gasteiger partial charge in [0.25, 0.3) is 5.91 Å². The highest BCUT2D eigenvalue weighted by Gasteiger charge is 2.23. The summed E-state index contributed by atoms with van der Waals surface area (Å²) in [6.07, 6.45) is 4.67. The number of hydrogen-bond acceptors (Lipinski definition) is 4. The molecule has 1 amide bonds. The van der Waals surface area contributed by atoms with E-state index in [1.165, 1.54) is 16.0 Å². The number of amides is 1. The molecule has 0 radical (unpaired) electrons. The van der Waals surface area contributed by atoms with E-state index in [4.69, 9.17) is 0 Å². The van der Waals surface area contributed by atoms with Gasteiger partial charge in [0.05, 0.1) is 4.88 Å². The van der Waals surface area contributed by atoms with Gasteiger partial charge in [0.2, 0.25) is 0 Å². The standard InChI is InChI=1S/C18H23N3OS/c1-3-16-14(2)12-17(23-16)18(22)21-10-8-20(9-11-21)13-15-4-6-19-7-5-15/h4-7,12H,3,8-11,13H2,1-2H3. The zero-order valence-electron chi connectivity index (χ0n) is 13.8. The van der Waals surface area contributed by atoms with E-state index in [0.717, 1.165) is 44.0 Å². The monoisotopic (exact) mass is 329 g/mol. The first-order valence-corrected chi connectivity index (χ1v) is 8.99. The summed E-state index contributed by atoms with van der Waals surface area (Å²) in [5.74, 6) is 0.196. The number of pyridine rings is 1. The average molecular weight is 329 g/mol. The molecule has 1 fully saturated rings. The van der Waals surface area contributed by atoms with E-state index in [0.29, 0.717) is 0 Å². The van der Waals surface area contributed by atoms with E-state index < -0.39 is 0 Å². The molecule has 2 aromatic rings. The minimum Gasteiger partial charge on any atom is -0.335 e. The van der Waals surface area contributed by atoms with Crippen LogP contribution in [-0.2, 0) is 13.0 Å². The quantitative estimate of drug-likeness (QED) is 0.865. The van der Waals surface area contributed by atoms with Crippen molar-refractivity contribution >= 4 is 17.2 Å². The maximum Gasteiger partial charge on any atom is 0.264 e. The van der Waals surface area contributed by atoms with E-state index in [1.807, 2.05) is 17.3 Å². The molecule has 1 saturated heterocycles. The van der Waals surface area contributed by atoms with E-state index in [1.54, 1.807) is 11.3 Å². The zero-order valence-corrected chi connectivity index (χ0v) is 14.6. The fourth-order valence-electron chi connectivity index (χ4n) is 2.99. The molecule has 1 aliphatic rings. The first-order valence-electron chi connectivity index (χ1n) is 8.17. The van der Waals surface area contributed by atoms with Gasteiger partial charge in [0, 0.05) is 50.0 Å². The average Bonchev–Trinajstić information content (AvgIpc) is 2.97. The number of thiophene rings is 1. The molecule has 2 aromatic heterocycles. The molecule has 5 heteroatoms. The summed E-state index contributed by atoms with van der Waals surface area (Å²) in [6, 6.07) is 6.16. The molecule has 0 bridgehead atoms. The van der Waals surface area contributed by atoms with E-state index in [-0.39, 0.29) is 5.91 Å². The van der Waals surface area contributed by atoms with Crippen molar-refractivity contribution < 1.29 is 4.79 Å². The first kappa shape index (κ1) is 16.1. The predicted molar refractivity (Wildman–Crippen MR) is 93.9 cm³/mol. The first-order chi connectivity index (χ1) is 11.2. The molecule has 0 aliphatic carbocycles. The van der Waals surface area contributed by atoms with E-state index in [2.05, 4.69) is 41.9 Å². The summed E-state index contributed by atoms with van der Waals surface area (Å²) in [5.41, 5.74) is 2.53. The minimum atomic E-state index is 0.196. The van der Waals surface area contributed by atoms with Crippen molar-refractivity contribution in [1.82, 2.24) is 14.8 Å². The number of piperazine rings is 1. The van der Waals surface area contributed by atoms with Gasteiger partial charge in [-0.05, 0) is 42.7 Å². The number of carbonyl (C=O) groups is 1. The van der Waals surface area contributed by atoms with Crippen LogP contribution in [0, 0.1) is 6.92 Å². The normalized spacial score (nSPS) is 15.8. The number of aromatic nitrogens is 1. The summed E-state index contributed by atoms with van der Waals surface area (Å²) in [5, 5.41) is 0. The van der Waals surface area contributed by atoms with Crippen molar-refractivity contribution in [3.63, 3.8) is 0 Å². The van der Waals surface area contributed by atoms with Gasteiger partial charge in [-0.3, -0.25) is 14.7 Å². The number of hydrogen-bond donors (Lipinski definition) is 0. The Morgan fingerprint density at radius 3 is 2.52 bits per heavy atom. The van der Waals surface area contributed by atoms with Crippen LogP contribution >= 0.6 is 11.3 Å². The van der Waals surface area contributed by atoms with Crippen molar-refractivity contribution in [2.45, 2.75) is 26.8 Å². The highest BCUT2D eigenvalue weighted by molar-refractivity contribution is 7.14. The Morgan fingerprint density at radius 1 is 1.22 bits per heavy atom. The van der Waals surface area contributed by atoms with E-state index >= 15 is 0 Å². The van der Waals surface area contributed by atoms with Gasteiger partial charge in [-0.15, -0.1) is 11.3 Å². The van der Waals surface area contributed by atoms with Crippen LogP contribution in [0.25, 0.3) is 0 Å². The van der Waals surface area contributed by atoms with Gasteiger partial charge >= 0.3 is 0 Å². The molecular weight excluding hydrogens is 306 g/mol. The Labute approximate surface area is 141 Å². The zero-order chi connectivity index (χ0) is 16.2. The van der Waals surface area contributed by atoms with Crippen LogP contribution in [0.4, 0.5) is 0 Å². The molecule has 0 unspecified atom stereocenters. The lowest BCUT2D eigenvalue weighted by atomic mass is 10.2. The highest BCUT2D eigenvalue weighted by atomic mass is 32.1. The second kappa shape index (κ2) is 7.23. The Balaban J connectivity index is 1.56. The van der Waals surface area contributed by atoms with Gasteiger partial charge in [-0.2, -0.15) is 0 Å². The maximum absolute atomic E-state index is 12.7. The summed E-state index contributed by atoms with van der Waals surface area (Å²) in [4.78, 5) is 23.3. The van der Waals surface area contributed by atoms with Crippen molar-refractivity contribution in [2.75, 3.05) is 26.2 Å². The van der Waals surface area contributed by atoms with Gasteiger partial charge in [0.1, 0.15) is 0 Å². The Morgan fingerprint density at radius 2 is 1.91 bits per heavy atom. The van der Waals surface area contributed by atoms with Crippen molar-refractivity contribution in [2.24, 2.45) is 0 Å². The summed E-state index contributed by atoms with van der Waals surface area (Å²) < 4.78 is 0. The molecule has 122 valence electrons. The van der Waals surface area contributed by atoms with Gasteiger partial charge < -0.3 is 4.90 Å². The number of rotatable bonds is 4. The van der Waals surface area contributed by atoms with E-state index in [9.17, 15) is 4.79 Å². The SMILES string of the molecule is CCc1sc(C(=O)N2CCN(Cc3ccncc3)CC2)cc1C. The Kier molecular flexibility index (Phi) is 5.08. The number of aryl methyl sites for hydroxylation is 2. The third-order valence-electron chi connectivity index (χ3n) is 4.37. The van der Waals surface area contributed by atoms with Gasteiger partial charge in [0.15, 0.2) is 0 Å². The molecule has 0 N–H and O–H groups in total. The third kappa shape index (κ3) is 3.79. The molecule has 0 spiro atoms. The molecule has 0 aromatic carbocycles. The molecule has 3 heterocycles. The van der Waals surface area contributed by atoms with Crippen molar-refractivity contribution in [1.29, 1.82) is 0 Å². The van der Waals surface area contributed by atoms with Gasteiger partial charge in [-0.1, -0.05) is 6.92 Å². The Hall–Kier alpha value is -1.72. The van der Waals surface area contributed by atoms with Crippen LogP contribution in [0.2, 0.25) is 0 Å². The smallest absolute Gasteiger partial charge is 0.264 e. The number of nitrogens with zero attached hydrogens (tertiary/aromatic N) is 3. The highest BCUT2D eigenvalue weighted by Crippen LogP contribution is 2.24. The van der Waals surface area contributed by atoms with Crippen LogP contribution in [0.3, 0.4) is 0 Å². The van der Waals surface area contributed by atoms with Crippen LogP contribution in [-0.4, -0.2) is 46.9 Å². The molecule has 0 saturated carbocycles.